The highest BCUT2D eigenvalue weighted by Gasteiger charge is 2.12. The molecule has 0 aliphatic rings. The number of esters is 1. The van der Waals surface area contributed by atoms with Crippen molar-refractivity contribution in [1.29, 1.82) is 0 Å². The molecule has 0 aliphatic carbocycles. The lowest BCUT2D eigenvalue weighted by atomic mass is 10.2. The monoisotopic (exact) mass is 337 g/mol. The second kappa shape index (κ2) is 7.57. The Kier molecular flexibility index (Phi) is 5.04. The minimum absolute atomic E-state index is 0.0113. The Morgan fingerprint density at radius 3 is 2.64 bits per heavy atom. The van der Waals surface area contributed by atoms with E-state index in [9.17, 15) is 9.18 Å². The van der Waals surface area contributed by atoms with E-state index in [1.807, 2.05) is 30.3 Å². The summed E-state index contributed by atoms with van der Waals surface area (Å²) in [7, 11) is 0. The molecule has 1 heterocycles. The van der Waals surface area contributed by atoms with Crippen LogP contribution < -0.4 is 0 Å². The Morgan fingerprint density at radius 1 is 1.16 bits per heavy atom. The van der Waals surface area contributed by atoms with Crippen LogP contribution in [-0.2, 0) is 16.1 Å². The lowest BCUT2D eigenvalue weighted by Gasteiger charge is -1.99. The number of aryl methyl sites for hydroxylation is 1. The van der Waals surface area contributed by atoms with Crippen LogP contribution in [0.25, 0.3) is 17.5 Å². The number of nitrogens with zero attached hydrogens (tertiary/aromatic N) is 1. The number of hydrogen-bond acceptors (Lipinski definition) is 4. The van der Waals surface area contributed by atoms with Crippen molar-refractivity contribution in [2.75, 3.05) is 0 Å². The molecule has 1 aromatic heterocycles. The quantitative estimate of drug-likeness (QED) is 0.506. The van der Waals surface area contributed by atoms with Crippen LogP contribution in [0.1, 0.15) is 17.0 Å². The lowest BCUT2D eigenvalue weighted by molar-refractivity contribution is -0.139. The van der Waals surface area contributed by atoms with E-state index in [0.29, 0.717) is 22.9 Å². The number of halogens is 1. The van der Waals surface area contributed by atoms with Crippen molar-refractivity contribution >= 4 is 12.0 Å². The third-order valence-corrected chi connectivity index (χ3v) is 3.57. The number of oxazole rings is 1. The summed E-state index contributed by atoms with van der Waals surface area (Å²) >= 11 is 0. The molecule has 0 atom stereocenters. The van der Waals surface area contributed by atoms with E-state index in [1.165, 1.54) is 18.2 Å². The highest BCUT2D eigenvalue weighted by atomic mass is 19.1. The molecule has 0 spiro atoms. The first kappa shape index (κ1) is 16.6. The maximum Gasteiger partial charge on any atom is 0.331 e. The molecule has 0 aliphatic heterocycles. The molecule has 3 rings (SSSR count). The van der Waals surface area contributed by atoms with Crippen LogP contribution >= 0.6 is 0 Å². The topological polar surface area (TPSA) is 52.3 Å². The zero-order chi connectivity index (χ0) is 17.6. The van der Waals surface area contributed by atoms with Crippen molar-refractivity contribution < 1.29 is 18.3 Å². The van der Waals surface area contributed by atoms with Crippen molar-refractivity contribution in [2.45, 2.75) is 13.5 Å². The SMILES string of the molecule is Cc1oc(-c2ccccc2)nc1COC(=O)/C=C/c1ccccc1F. The Hall–Kier alpha value is -3.21. The molecule has 0 fully saturated rings. The summed E-state index contributed by atoms with van der Waals surface area (Å²) in [5.41, 5.74) is 1.72. The number of carbonyl (C=O) groups excluding carboxylic acids is 1. The number of benzene rings is 2. The van der Waals surface area contributed by atoms with Crippen molar-refractivity contribution in [3.8, 4) is 11.5 Å². The summed E-state index contributed by atoms with van der Waals surface area (Å²) in [5, 5.41) is 0. The maximum atomic E-state index is 13.5. The number of carbonyl (C=O) groups is 1. The molecule has 0 amide bonds. The number of hydrogen-bond donors (Lipinski definition) is 0. The molecule has 0 saturated heterocycles. The van der Waals surface area contributed by atoms with Gasteiger partial charge in [-0.2, -0.15) is 0 Å². The zero-order valence-corrected chi connectivity index (χ0v) is 13.6. The van der Waals surface area contributed by atoms with Crippen LogP contribution in [-0.4, -0.2) is 11.0 Å². The summed E-state index contributed by atoms with van der Waals surface area (Å²) in [6.07, 6.45) is 2.56. The standard InChI is InChI=1S/C20H16FNO3/c1-14-18(22-20(25-14)16-8-3-2-4-9-16)13-24-19(23)12-11-15-7-5-6-10-17(15)21/h2-12H,13H2,1H3/b12-11+. The second-order valence-electron chi connectivity index (χ2n) is 5.35. The molecule has 0 bridgehead atoms. The van der Waals surface area contributed by atoms with Gasteiger partial charge in [-0.3, -0.25) is 0 Å². The van der Waals surface area contributed by atoms with Crippen LogP contribution in [0.15, 0.2) is 65.1 Å². The van der Waals surface area contributed by atoms with Gasteiger partial charge in [0.2, 0.25) is 5.89 Å². The van der Waals surface area contributed by atoms with Gasteiger partial charge in [-0.25, -0.2) is 14.2 Å². The predicted molar refractivity (Wildman–Crippen MR) is 91.9 cm³/mol. The van der Waals surface area contributed by atoms with Crippen LogP contribution in [0, 0.1) is 12.7 Å². The van der Waals surface area contributed by atoms with Crippen LogP contribution in [0.2, 0.25) is 0 Å². The normalized spacial score (nSPS) is 11.0. The Bertz CT molecular complexity index is 900. The fourth-order valence-electron chi connectivity index (χ4n) is 2.22. The first-order valence-electron chi connectivity index (χ1n) is 7.74. The molecular formula is C20H16FNO3. The average Bonchev–Trinajstić information content (AvgIpc) is 3.01. The third-order valence-electron chi connectivity index (χ3n) is 3.57. The molecule has 0 saturated carbocycles. The molecule has 25 heavy (non-hydrogen) atoms. The summed E-state index contributed by atoms with van der Waals surface area (Å²) in [4.78, 5) is 16.2. The fourth-order valence-corrected chi connectivity index (χ4v) is 2.22. The molecule has 3 aromatic rings. The Labute approximate surface area is 144 Å². The lowest BCUT2D eigenvalue weighted by Crippen LogP contribution is -2.02. The van der Waals surface area contributed by atoms with Gasteiger partial charge in [0.05, 0.1) is 0 Å². The van der Waals surface area contributed by atoms with E-state index in [0.717, 1.165) is 5.56 Å². The Morgan fingerprint density at radius 2 is 1.88 bits per heavy atom. The summed E-state index contributed by atoms with van der Waals surface area (Å²) in [6, 6.07) is 15.6. The van der Waals surface area contributed by atoms with E-state index in [4.69, 9.17) is 9.15 Å². The average molecular weight is 337 g/mol. The summed E-state index contributed by atoms with van der Waals surface area (Å²) in [6.45, 7) is 1.75. The number of ether oxygens (including phenoxy) is 1. The predicted octanol–water partition coefficient (Wildman–Crippen LogP) is 4.55. The summed E-state index contributed by atoms with van der Waals surface area (Å²) < 4.78 is 24.2. The van der Waals surface area contributed by atoms with Crippen LogP contribution in [0.4, 0.5) is 4.39 Å². The first-order valence-corrected chi connectivity index (χ1v) is 7.74. The van der Waals surface area contributed by atoms with E-state index in [-0.39, 0.29) is 6.61 Å². The van der Waals surface area contributed by atoms with Crippen molar-refractivity contribution in [1.82, 2.24) is 4.98 Å². The van der Waals surface area contributed by atoms with Gasteiger partial charge in [0.1, 0.15) is 23.9 Å². The molecule has 5 heteroatoms. The Balaban J connectivity index is 1.63. The summed E-state index contributed by atoms with van der Waals surface area (Å²) in [5.74, 6) is 0.0918. The number of rotatable bonds is 5. The number of aromatic nitrogens is 1. The van der Waals surface area contributed by atoms with Crippen molar-refractivity contribution in [3.63, 3.8) is 0 Å². The van der Waals surface area contributed by atoms with Crippen LogP contribution in [0.5, 0.6) is 0 Å². The van der Waals surface area contributed by atoms with Gasteiger partial charge in [0.15, 0.2) is 0 Å². The van der Waals surface area contributed by atoms with Gasteiger partial charge in [-0.1, -0.05) is 36.4 Å². The van der Waals surface area contributed by atoms with Gasteiger partial charge in [-0.05, 0) is 31.2 Å². The minimum Gasteiger partial charge on any atom is -0.456 e. The first-order chi connectivity index (χ1) is 12.1. The van der Waals surface area contributed by atoms with E-state index >= 15 is 0 Å². The van der Waals surface area contributed by atoms with Crippen molar-refractivity contribution in [2.24, 2.45) is 0 Å². The molecule has 0 unspecified atom stereocenters. The van der Waals surface area contributed by atoms with E-state index in [1.54, 1.807) is 25.1 Å². The molecule has 2 aromatic carbocycles. The highest BCUT2D eigenvalue weighted by Crippen LogP contribution is 2.21. The third kappa shape index (κ3) is 4.20. The van der Waals surface area contributed by atoms with Crippen LogP contribution in [0.3, 0.4) is 0 Å². The smallest absolute Gasteiger partial charge is 0.331 e. The highest BCUT2D eigenvalue weighted by molar-refractivity contribution is 5.87. The molecule has 0 N–H and O–H groups in total. The fraction of sp³-hybridized carbons (Fsp3) is 0.100. The largest absolute Gasteiger partial charge is 0.456 e. The van der Waals surface area contributed by atoms with Crippen molar-refractivity contribution in [3.05, 3.63) is 83.5 Å². The van der Waals surface area contributed by atoms with Gasteiger partial charge in [0, 0.05) is 17.2 Å². The van der Waals surface area contributed by atoms with E-state index < -0.39 is 11.8 Å². The van der Waals surface area contributed by atoms with Gasteiger partial charge < -0.3 is 9.15 Å². The molecular weight excluding hydrogens is 321 g/mol. The molecule has 126 valence electrons. The maximum absolute atomic E-state index is 13.5. The van der Waals surface area contributed by atoms with E-state index in [2.05, 4.69) is 4.98 Å². The molecule has 4 nitrogen and oxygen atoms in total. The molecule has 0 radical (unpaired) electrons. The van der Waals surface area contributed by atoms with Gasteiger partial charge in [0.25, 0.3) is 0 Å². The minimum atomic E-state index is -0.577. The van der Waals surface area contributed by atoms with Gasteiger partial charge >= 0.3 is 5.97 Å². The zero-order valence-electron chi connectivity index (χ0n) is 13.6. The van der Waals surface area contributed by atoms with Gasteiger partial charge in [-0.15, -0.1) is 0 Å². The second-order valence-corrected chi connectivity index (χ2v) is 5.35.